The van der Waals surface area contributed by atoms with E-state index >= 15 is 0 Å². The molecule has 4 amide bonds. The van der Waals surface area contributed by atoms with Crippen LogP contribution >= 0.6 is 0 Å². The minimum Gasteiger partial charge on any atom is -0.480 e. The van der Waals surface area contributed by atoms with Gasteiger partial charge in [-0.1, -0.05) is 0 Å². The molecular weight excluding hydrogens is 244 g/mol. The van der Waals surface area contributed by atoms with Gasteiger partial charge >= 0.3 is 12.0 Å². The summed E-state index contributed by atoms with van der Waals surface area (Å²) in [6.07, 6.45) is -0.533. The Kier molecular flexibility index (Phi) is 6.18. The molecule has 0 heterocycles. The lowest BCUT2D eigenvalue weighted by atomic mass is 10.2. The molecule has 18 heavy (non-hydrogen) atoms. The lowest BCUT2D eigenvalue weighted by Crippen LogP contribution is -2.51. The Hall–Kier alpha value is -2.32. The highest BCUT2D eigenvalue weighted by atomic mass is 16.4. The Morgan fingerprint density at radius 2 is 1.78 bits per heavy atom. The average molecular weight is 260 g/mol. The second-order valence-electron chi connectivity index (χ2n) is 3.49. The maximum absolute atomic E-state index is 11.6. The molecule has 0 spiro atoms. The number of aliphatic carboxylic acids is 1. The number of amides is 4. The van der Waals surface area contributed by atoms with Crippen molar-refractivity contribution in [3.8, 4) is 0 Å². The molecule has 0 unspecified atom stereocenters. The number of likely N-dealkylation sites (N-methyl/N-ethyl adjacent to an activating group) is 1. The highest BCUT2D eigenvalue weighted by Gasteiger charge is 2.24. The fourth-order valence-corrected chi connectivity index (χ4v) is 1.16. The highest BCUT2D eigenvalue weighted by Crippen LogP contribution is 1.96. The molecule has 0 fully saturated rings. The van der Waals surface area contributed by atoms with Gasteiger partial charge in [0.25, 0.3) is 0 Å². The lowest BCUT2D eigenvalue weighted by Gasteiger charge is -2.22. The van der Waals surface area contributed by atoms with Gasteiger partial charge in [0.15, 0.2) is 0 Å². The zero-order chi connectivity index (χ0) is 14.3. The van der Waals surface area contributed by atoms with Gasteiger partial charge in [-0.3, -0.25) is 9.59 Å². The van der Waals surface area contributed by atoms with Gasteiger partial charge in [0.1, 0.15) is 12.6 Å². The maximum Gasteiger partial charge on any atom is 0.326 e. The highest BCUT2D eigenvalue weighted by molar-refractivity contribution is 5.89. The maximum atomic E-state index is 11.6. The first-order chi connectivity index (χ1) is 8.27. The van der Waals surface area contributed by atoms with Crippen LogP contribution < -0.4 is 16.8 Å². The fourth-order valence-electron chi connectivity index (χ4n) is 1.16. The number of nitrogens with one attached hydrogen (secondary N) is 1. The van der Waals surface area contributed by atoms with Crippen molar-refractivity contribution >= 4 is 23.8 Å². The van der Waals surface area contributed by atoms with Crippen molar-refractivity contribution in [3.05, 3.63) is 0 Å². The molecule has 6 N–H and O–H groups in total. The summed E-state index contributed by atoms with van der Waals surface area (Å²) in [6.45, 7) is 1.41. The summed E-state index contributed by atoms with van der Waals surface area (Å²) in [7, 11) is 0. The van der Waals surface area contributed by atoms with Crippen molar-refractivity contribution in [2.75, 3.05) is 13.1 Å². The number of urea groups is 1. The molecule has 0 rings (SSSR count). The zero-order valence-corrected chi connectivity index (χ0v) is 9.88. The van der Waals surface area contributed by atoms with E-state index in [9.17, 15) is 19.2 Å². The van der Waals surface area contributed by atoms with Gasteiger partial charge in [-0.2, -0.15) is 0 Å². The number of primary amides is 2. The van der Waals surface area contributed by atoms with Crippen LogP contribution in [0.25, 0.3) is 0 Å². The van der Waals surface area contributed by atoms with Crippen LogP contribution in [0.4, 0.5) is 4.79 Å². The summed E-state index contributed by atoms with van der Waals surface area (Å²) in [6, 6.07) is -2.23. The van der Waals surface area contributed by atoms with E-state index in [0.717, 1.165) is 4.90 Å². The minimum atomic E-state index is -1.43. The van der Waals surface area contributed by atoms with E-state index in [-0.39, 0.29) is 13.1 Å². The Balaban J connectivity index is 4.60. The van der Waals surface area contributed by atoms with Crippen LogP contribution in [-0.4, -0.2) is 53.0 Å². The summed E-state index contributed by atoms with van der Waals surface area (Å²) in [5, 5.41) is 10.9. The third-order valence-corrected chi connectivity index (χ3v) is 2.02. The first-order valence-electron chi connectivity index (χ1n) is 5.12. The van der Waals surface area contributed by atoms with E-state index in [1.165, 1.54) is 0 Å². The Morgan fingerprint density at radius 1 is 1.22 bits per heavy atom. The van der Waals surface area contributed by atoms with Crippen LogP contribution in [0.2, 0.25) is 0 Å². The first-order valence-corrected chi connectivity index (χ1v) is 5.12. The van der Waals surface area contributed by atoms with Crippen LogP contribution in [0.15, 0.2) is 0 Å². The van der Waals surface area contributed by atoms with Crippen LogP contribution in [0.5, 0.6) is 0 Å². The predicted molar refractivity (Wildman–Crippen MR) is 60.2 cm³/mol. The van der Waals surface area contributed by atoms with Gasteiger partial charge in [-0.25, -0.2) is 9.59 Å². The van der Waals surface area contributed by atoms with Crippen molar-refractivity contribution in [1.29, 1.82) is 0 Å². The Morgan fingerprint density at radius 3 is 2.11 bits per heavy atom. The monoisotopic (exact) mass is 260 g/mol. The number of carbonyl (C=O) groups is 4. The predicted octanol–water partition coefficient (Wildman–Crippen LogP) is -2.17. The van der Waals surface area contributed by atoms with Gasteiger partial charge in [0.2, 0.25) is 11.8 Å². The van der Waals surface area contributed by atoms with Crippen molar-refractivity contribution in [2.45, 2.75) is 19.4 Å². The summed E-state index contributed by atoms with van der Waals surface area (Å²) in [5.41, 5.74) is 9.78. The van der Waals surface area contributed by atoms with E-state index in [0.29, 0.717) is 0 Å². The Labute approximate surface area is 103 Å². The third kappa shape index (κ3) is 5.68. The summed E-state index contributed by atoms with van der Waals surface area (Å²) >= 11 is 0. The van der Waals surface area contributed by atoms with Gasteiger partial charge in [-0.05, 0) is 6.92 Å². The number of hydrogen-bond donors (Lipinski definition) is 4. The molecule has 0 radical (unpaired) electrons. The summed E-state index contributed by atoms with van der Waals surface area (Å²) in [5.74, 6) is -2.98. The minimum absolute atomic E-state index is 0.164. The molecule has 0 aromatic carbocycles. The molecule has 9 nitrogen and oxygen atoms in total. The molecule has 0 saturated heterocycles. The van der Waals surface area contributed by atoms with Crippen molar-refractivity contribution in [1.82, 2.24) is 10.2 Å². The number of rotatable bonds is 7. The number of carbonyl (C=O) groups excluding carboxylic acids is 3. The number of nitrogens with two attached hydrogens (primary N) is 2. The standard InChI is InChI=1S/C9H16N4O5/c1-2-13(4-7(11)15)9(18)12-5(8(16)17)3-6(10)14/h5H,2-4H2,1H3,(H2,10,14)(H2,11,15)(H,12,18)(H,16,17)/t5-/m0/s1. The number of carboxylic acids is 1. The molecule has 0 bridgehead atoms. The van der Waals surface area contributed by atoms with Crippen molar-refractivity contribution < 1.29 is 24.3 Å². The van der Waals surface area contributed by atoms with E-state index < -0.39 is 36.3 Å². The SMILES string of the molecule is CCN(CC(N)=O)C(=O)N[C@@H](CC(N)=O)C(=O)O. The molecular formula is C9H16N4O5. The molecule has 0 aromatic rings. The van der Waals surface area contributed by atoms with E-state index in [1.54, 1.807) is 6.92 Å². The first kappa shape index (κ1) is 15.7. The van der Waals surface area contributed by atoms with Crippen molar-refractivity contribution in [2.24, 2.45) is 11.5 Å². The zero-order valence-electron chi connectivity index (χ0n) is 9.88. The number of nitrogens with zero attached hydrogens (tertiary/aromatic N) is 1. The van der Waals surface area contributed by atoms with Gasteiger partial charge < -0.3 is 26.8 Å². The fraction of sp³-hybridized carbons (Fsp3) is 0.556. The van der Waals surface area contributed by atoms with Crippen LogP contribution in [-0.2, 0) is 14.4 Å². The second kappa shape index (κ2) is 7.09. The van der Waals surface area contributed by atoms with Crippen LogP contribution in [0, 0.1) is 0 Å². The van der Waals surface area contributed by atoms with Crippen molar-refractivity contribution in [3.63, 3.8) is 0 Å². The average Bonchev–Trinajstić information content (AvgIpc) is 2.23. The lowest BCUT2D eigenvalue weighted by molar-refractivity contribution is -0.140. The smallest absolute Gasteiger partial charge is 0.326 e. The third-order valence-electron chi connectivity index (χ3n) is 2.02. The van der Waals surface area contributed by atoms with Crippen LogP contribution in [0.3, 0.4) is 0 Å². The molecule has 0 aliphatic heterocycles. The summed E-state index contributed by atoms with van der Waals surface area (Å²) in [4.78, 5) is 44.7. The largest absolute Gasteiger partial charge is 0.480 e. The van der Waals surface area contributed by atoms with Gasteiger partial charge in [0, 0.05) is 6.54 Å². The molecule has 0 aromatic heterocycles. The Bertz CT molecular complexity index is 357. The number of carboxylic acid groups (broad SMARTS) is 1. The quantitative estimate of drug-likeness (QED) is 0.410. The van der Waals surface area contributed by atoms with E-state index in [1.807, 2.05) is 0 Å². The molecule has 0 saturated carbocycles. The van der Waals surface area contributed by atoms with Crippen LogP contribution in [0.1, 0.15) is 13.3 Å². The molecule has 0 aliphatic carbocycles. The second-order valence-corrected chi connectivity index (χ2v) is 3.49. The molecule has 9 heteroatoms. The molecule has 1 atom stereocenters. The number of hydrogen-bond acceptors (Lipinski definition) is 4. The molecule has 102 valence electrons. The van der Waals surface area contributed by atoms with Gasteiger partial charge in [-0.15, -0.1) is 0 Å². The normalized spacial score (nSPS) is 11.4. The van der Waals surface area contributed by atoms with E-state index in [2.05, 4.69) is 5.32 Å². The van der Waals surface area contributed by atoms with E-state index in [4.69, 9.17) is 16.6 Å². The summed E-state index contributed by atoms with van der Waals surface area (Å²) < 4.78 is 0. The topological polar surface area (TPSA) is 156 Å². The molecule has 0 aliphatic rings. The van der Waals surface area contributed by atoms with Gasteiger partial charge in [0.05, 0.1) is 6.42 Å².